The van der Waals surface area contributed by atoms with E-state index in [2.05, 4.69) is 24.8 Å². The number of likely N-dealkylation sites (N-methyl/N-ethyl adjacent to an activating group) is 1. The minimum atomic E-state index is -0.503. The summed E-state index contributed by atoms with van der Waals surface area (Å²) >= 11 is 6.22. The van der Waals surface area contributed by atoms with Gasteiger partial charge < -0.3 is 14.8 Å². The van der Waals surface area contributed by atoms with Crippen LogP contribution in [0.2, 0.25) is 5.02 Å². The maximum absolute atomic E-state index is 10.8. The highest BCUT2D eigenvalue weighted by atomic mass is 35.5. The zero-order valence-corrected chi connectivity index (χ0v) is 14.7. The second kappa shape index (κ2) is 6.41. The molecule has 0 unspecified atom stereocenters. The Morgan fingerprint density at radius 3 is 3.04 bits per heavy atom. The third-order valence-corrected chi connectivity index (χ3v) is 4.97. The van der Waals surface area contributed by atoms with Crippen molar-refractivity contribution in [3.8, 4) is 0 Å². The molecule has 1 fully saturated rings. The number of fused-ring (bicyclic) bond motifs is 1. The van der Waals surface area contributed by atoms with Crippen molar-refractivity contribution in [3.05, 3.63) is 46.0 Å². The smallest absolute Gasteiger partial charge is 0.289 e. The number of rotatable bonds is 4. The molecule has 26 heavy (non-hydrogen) atoms. The molecule has 0 aliphatic carbocycles. The number of aromatic amines is 1. The molecule has 0 amide bonds. The zero-order chi connectivity index (χ0) is 18.3. The highest BCUT2D eigenvalue weighted by Gasteiger charge is 2.29. The Labute approximate surface area is 153 Å². The lowest BCUT2D eigenvalue weighted by Gasteiger charge is -2.26. The first kappa shape index (κ1) is 16.5. The van der Waals surface area contributed by atoms with Gasteiger partial charge in [-0.05, 0) is 12.5 Å². The third-order valence-electron chi connectivity index (χ3n) is 4.70. The second-order valence-corrected chi connectivity index (χ2v) is 6.60. The molecule has 0 saturated carbocycles. The van der Waals surface area contributed by atoms with Gasteiger partial charge in [0.2, 0.25) is 0 Å². The van der Waals surface area contributed by atoms with Gasteiger partial charge in [0.1, 0.15) is 29.8 Å². The zero-order valence-electron chi connectivity index (χ0n) is 14.0. The van der Waals surface area contributed by atoms with Crippen LogP contribution in [0.25, 0.3) is 11.0 Å². The summed E-state index contributed by atoms with van der Waals surface area (Å²) in [6.07, 6.45) is 5.54. The summed E-state index contributed by atoms with van der Waals surface area (Å²) in [5, 5.41) is 12.1. The Morgan fingerprint density at radius 1 is 1.42 bits per heavy atom. The number of hydrogen-bond donors (Lipinski definition) is 1. The van der Waals surface area contributed by atoms with Gasteiger partial charge >= 0.3 is 0 Å². The van der Waals surface area contributed by atoms with Crippen LogP contribution in [0.15, 0.2) is 30.9 Å². The lowest BCUT2D eigenvalue weighted by atomic mass is 10.2. The summed E-state index contributed by atoms with van der Waals surface area (Å²) in [4.78, 5) is 30.5. The Bertz CT molecular complexity index is 976. The van der Waals surface area contributed by atoms with E-state index in [4.69, 9.17) is 11.6 Å². The van der Waals surface area contributed by atoms with Crippen molar-refractivity contribution < 1.29 is 4.92 Å². The molecule has 0 spiro atoms. The van der Waals surface area contributed by atoms with Crippen LogP contribution in [-0.4, -0.2) is 51.0 Å². The van der Waals surface area contributed by atoms with Crippen molar-refractivity contribution in [2.75, 3.05) is 29.9 Å². The first-order valence-corrected chi connectivity index (χ1v) is 8.48. The summed E-state index contributed by atoms with van der Waals surface area (Å²) < 4.78 is 0. The second-order valence-electron chi connectivity index (χ2n) is 6.19. The van der Waals surface area contributed by atoms with E-state index in [1.807, 2.05) is 24.2 Å². The van der Waals surface area contributed by atoms with Crippen molar-refractivity contribution in [2.45, 2.75) is 12.5 Å². The third kappa shape index (κ3) is 2.80. The molecule has 3 aromatic rings. The molecule has 1 N–H and O–H groups in total. The molecule has 4 heterocycles. The van der Waals surface area contributed by atoms with E-state index >= 15 is 0 Å². The van der Waals surface area contributed by atoms with Crippen LogP contribution in [0.1, 0.15) is 6.42 Å². The highest BCUT2D eigenvalue weighted by molar-refractivity contribution is 6.33. The van der Waals surface area contributed by atoms with Crippen molar-refractivity contribution in [1.29, 1.82) is 0 Å². The molecular formula is C16H16ClN7O2. The van der Waals surface area contributed by atoms with Gasteiger partial charge in [-0.2, -0.15) is 0 Å². The van der Waals surface area contributed by atoms with E-state index in [1.165, 1.54) is 12.3 Å². The quantitative estimate of drug-likeness (QED) is 0.553. The minimum absolute atomic E-state index is 0.115. The van der Waals surface area contributed by atoms with Crippen LogP contribution >= 0.6 is 11.6 Å². The molecule has 0 aromatic carbocycles. The molecule has 3 aromatic heterocycles. The predicted octanol–water partition coefficient (Wildman–Crippen LogP) is 2.63. The van der Waals surface area contributed by atoms with Crippen LogP contribution < -0.4 is 9.80 Å². The maximum atomic E-state index is 10.8. The molecule has 134 valence electrons. The average Bonchev–Trinajstić information content (AvgIpc) is 3.30. The fourth-order valence-corrected chi connectivity index (χ4v) is 3.61. The molecule has 4 rings (SSSR count). The Kier molecular flexibility index (Phi) is 4.08. The molecule has 1 aliphatic rings. The molecule has 9 nitrogen and oxygen atoms in total. The van der Waals surface area contributed by atoms with Crippen molar-refractivity contribution in [2.24, 2.45) is 0 Å². The fraction of sp³-hybridized carbons (Fsp3) is 0.312. The van der Waals surface area contributed by atoms with Crippen molar-refractivity contribution in [3.63, 3.8) is 0 Å². The molecular weight excluding hydrogens is 358 g/mol. The number of H-pyrrole nitrogens is 1. The summed E-state index contributed by atoms with van der Waals surface area (Å²) in [6.45, 7) is 1.60. The number of pyridine rings is 1. The van der Waals surface area contributed by atoms with E-state index in [9.17, 15) is 10.1 Å². The van der Waals surface area contributed by atoms with Gasteiger partial charge in [0.05, 0.1) is 15.3 Å². The summed E-state index contributed by atoms with van der Waals surface area (Å²) in [5.74, 6) is 1.44. The van der Waals surface area contributed by atoms with E-state index < -0.39 is 4.92 Å². The Balaban J connectivity index is 1.55. The van der Waals surface area contributed by atoms with E-state index in [-0.39, 0.29) is 16.8 Å². The molecule has 1 saturated heterocycles. The van der Waals surface area contributed by atoms with Gasteiger partial charge in [-0.3, -0.25) is 10.1 Å². The summed E-state index contributed by atoms with van der Waals surface area (Å²) in [6, 6.07) is 3.47. The number of nitrogens with zero attached hydrogens (tertiary/aromatic N) is 6. The van der Waals surface area contributed by atoms with Crippen molar-refractivity contribution >= 4 is 40.0 Å². The number of nitrogens with one attached hydrogen (secondary N) is 1. The number of nitro groups is 1. The van der Waals surface area contributed by atoms with E-state index in [0.29, 0.717) is 5.82 Å². The van der Waals surface area contributed by atoms with Gasteiger partial charge in [0.15, 0.2) is 0 Å². The summed E-state index contributed by atoms with van der Waals surface area (Å²) in [7, 11) is 1.90. The summed E-state index contributed by atoms with van der Waals surface area (Å²) in [5.41, 5.74) is 0.697. The lowest BCUT2D eigenvalue weighted by Crippen LogP contribution is -2.35. The molecule has 10 heteroatoms. The first-order valence-electron chi connectivity index (χ1n) is 8.10. The van der Waals surface area contributed by atoms with Crippen molar-refractivity contribution in [1.82, 2.24) is 19.9 Å². The molecule has 1 atom stereocenters. The number of anilines is 2. The van der Waals surface area contributed by atoms with E-state index in [0.717, 1.165) is 36.4 Å². The minimum Gasteiger partial charge on any atom is -0.354 e. The Morgan fingerprint density at radius 2 is 2.27 bits per heavy atom. The van der Waals surface area contributed by atoms with Gasteiger partial charge in [-0.15, -0.1) is 0 Å². The molecule has 0 bridgehead atoms. The number of hydrogen-bond acceptors (Lipinski definition) is 7. The van der Waals surface area contributed by atoms with Gasteiger partial charge in [-0.25, -0.2) is 15.0 Å². The van der Waals surface area contributed by atoms with Crippen LogP contribution in [0, 0.1) is 10.1 Å². The van der Waals surface area contributed by atoms with Gasteiger partial charge in [0, 0.05) is 38.4 Å². The Hall–Kier alpha value is -2.94. The van der Waals surface area contributed by atoms with Crippen LogP contribution in [-0.2, 0) is 0 Å². The standard InChI is InChI=1S/C16H16ClN7O2/c1-22(16-13(17)6-11(7-19-16)24(25)26)10-3-5-23(8-10)15-12-2-4-18-14(12)20-9-21-15/h2,4,6-7,9-10H,3,5,8H2,1H3,(H,18,20,21)/t10-/m1/s1. The number of halogens is 1. The largest absolute Gasteiger partial charge is 0.354 e. The van der Waals surface area contributed by atoms with Gasteiger partial charge in [-0.1, -0.05) is 11.6 Å². The molecule has 0 radical (unpaired) electrons. The normalized spacial score (nSPS) is 17.0. The van der Waals surface area contributed by atoms with Gasteiger partial charge in [0.25, 0.3) is 5.69 Å². The molecule has 1 aliphatic heterocycles. The monoisotopic (exact) mass is 373 g/mol. The first-order chi connectivity index (χ1) is 12.5. The topological polar surface area (TPSA) is 104 Å². The fourth-order valence-electron chi connectivity index (χ4n) is 3.31. The van der Waals surface area contributed by atoms with Crippen LogP contribution in [0.4, 0.5) is 17.3 Å². The van der Waals surface area contributed by atoms with Crippen LogP contribution in [0.3, 0.4) is 0 Å². The predicted molar refractivity (Wildman–Crippen MR) is 98.8 cm³/mol. The van der Waals surface area contributed by atoms with Crippen LogP contribution in [0.5, 0.6) is 0 Å². The maximum Gasteiger partial charge on any atom is 0.289 e. The number of aromatic nitrogens is 4. The highest BCUT2D eigenvalue weighted by Crippen LogP contribution is 2.31. The average molecular weight is 374 g/mol. The lowest BCUT2D eigenvalue weighted by molar-refractivity contribution is -0.385. The SMILES string of the molecule is CN(c1ncc([N+](=O)[O-])cc1Cl)[C@@H]1CCN(c2ncnc3[nH]ccc23)C1. The van der Waals surface area contributed by atoms with E-state index in [1.54, 1.807) is 6.33 Å².